The van der Waals surface area contributed by atoms with Gasteiger partial charge in [0.1, 0.15) is 11.9 Å². The third kappa shape index (κ3) is 3.73. The van der Waals surface area contributed by atoms with E-state index < -0.39 is 0 Å². The Kier molecular flexibility index (Phi) is 5.41. The molecule has 3 atom stereocenters. The van der Waals surface area contributed by atoms with Gasteiger partial charge in [0.15, 0.2) is 0 Å². The molecule has 3 rings (SSSR count). The summed E-state index contributed by atoms with van der Waals surface area (Å²) >= 11 is 0. The molecule has 2 aliphatic rings. The molecule has 1 amide bonds. The SMILES string of the molecule is CC(NC(=O)C1CNCC12CCOCC2)C(C)Oc1ccccc1. The number of amides is 1. The van der Waals surface area contributed by atoms with Gasteiger partial charge in [-0.25, -0.2) is 0 Å². The fourth-order valence-electron chi connectivity index (χ4n) is 3.74. The number of ether oxygens (including phenoxy) is 2. The van der Waals surface area contributed by atoms with Crippen molar-refractivity contribution in [2.75, 3.05) is 26.3 Å². The van der Waals surface area contributed by atoms with Gasteiger partial charge in [0.05, 0.1) is 12.0 Å². The third-order valence-electron chi connectivity index (χ3n) is 5.51. The average Bonchev–Trinajstić information content (AvgIpc) is 2.99. The second-order valence-electron chi connectivity index (χ2n) is 7.09. The first-order valence-electron chi connectivity index (χ1n) is 8.91. The van der Waals surface area contributed by atoms with Crippen LogP contribution in [0.2, 0.25) is 0 Å². The Morgan fingerprint density at radius 1 is 1.29 bits per heavy atom. The van der Waals surface area contributed by atoms with Crippen molar-refractivity contribution < 1.29 is 14.3 Å². The van der Waals surface area contributed by atoms with E-state index in [0.717, 1.165) is 44.9 Å². The minimum atomic E-state index is -0.0867. The minimum absolute atomic E-state index is 0.0211. The number of rotatable bonds is 5. The molecule has 0 bridgehead atoms. The minimum Gasteiger partial charge on any atom is -0.489 e. The molecule has 0 radical (unpaired) electrons. The van der Waals surface area contributed by atoms with Gasteiger partial charge in [0.25, 0.3) is 0 Å². The maximum atomic E-state index is 12.8. The van der Waals surface area contributed by atoms with E-state index in [1.807, 2.05) is 44.2 Å². The smallest absolute Gasteiger partial charge is 0.225 e. The van der Waals surface area contributed by atoms with E-state index in [1.165, 1.54) is 0 Å². The van der Waals surface area contributed by atoms with Gasteiger partial charge in [-0.1, -0.05) is 18.2 Å². The Bertz CT molecular complexity index is 543. The highest BCUT2D eigenvalue weighted by molar-refractivity contribution is 5.80. The number of hydrogen-bond donors (Lipinski definition) is 2. The quantitative estimate of drug-likeness (QED) is 0.865. The van der Waals surface area contributed by atoms with Crippen LogP contribution in [0.1, 0.15) is 26.7 Å². The van der Waals surface area contributed by atoms with Crippen LogP contribution < -0.4 is 15.4 Å². The first-order chi connectivity index (χ1) is 11.6. The van der Waals surface area contributed by atoms with E-state index >= 15 is 0 Å². The van der Waals surface area contributed by atoms with Crippen molar-refractivity contribution in [2.24, 2.45) is 11.3 Å². The van der Waals surface area contributed by atoms with Crippen molar-refractivity contribution in [1.82, 2.24) is 10.6 Å². The van der Waals surface area contributed by atoms with E-state index in [4.69, 9.17) is 9.47 Å². The standard InChI is InChI=1S/C19H28N2O3/c1-14(15(2)24-16-6-4-3-5-7-16)21-18(22)17-12-20-13-19(17)8-10-23-11-9-19/h3-7,14-15,17,20H,8-13H2,1-2H3,(H,21,22). The van der Waals surface area contributed by atoms with E-state index in [1.54, 1.807) is 0 Å². The van der Waals surface area contributed by atoms with Gasteiger partial charge in [0, 0.05) is 26.3 Å². The van der Waals surface area contributed by atoms with Gasteiger partial charge in [-0.3, -0.25) is 4.79 Å². The first-order valence-corrected chi connectivity index (χ1v) is 8.91. The summed E-state index contributed by atoms with van der Waals surface area (Å²) in [6, 6.07) is 9.68. The van der Waals surface area contributed by atoms with Crippen molar-refractivity contribution in [2.45, 2.75) is 38.8 Å². The first kappa shape index (κ1) is 17.2. The molecule has 0 aromatic heterocycles. The number of carbonyl (C=O) groups excluding carboxylic acids is 1. The van der Waals surface area contributed by atoms with Gasteiger partial charge < -0.3 is 20.1 Å². The van der Waals surface area contributed by atoms with Crippen LogP contribution in [0.5, 0.6) is 5.75 Å². The van der Waals surface area contributed by atoms with Crippen LogP contribution in [-0.4, -0.2) is 44.4 Å². The van der Waals surface area contributed by atoms with Crippen LogP contribution >= 0.6 is 0 Å². The predicted octanol–water partition coefficient (Wildman–Crippen LogP) is 1.97. The lowest BCUT2D eigenvalue weighted by molar-refractivity contribution is -0.131. The highest BCUT2D eigenvalue weighted by Gasteiger charge is 2.47. The Labute approximate surface area is 144 Å². The fraction of sp³-hybridized carbons (Fsp3) is 0.632. The van der Waals surface area contributed by atoms with E-state index in [2.05, 4.69) is 10.6 Å². The summed E-state index contributed by atoms with van der Waals surface area (Å²) in [5.41, 5.74) is 0.0611. The molecule has 2 aliphatic heterocycles. The largest absolute Gasteiger partial charge is 0.489 e. The number of nitrogens with one attached hydrogen (secondary N) is 2. The monoisotopic (exact) mass is 332 g/mol. The van der Waals surface area contributed by atoms with Crippen LogP contribution in [0.25, 0.3) is 0 Å². The molecule has 1 spiro atoms. The number of carbonyl (C=O) groups is 1. The summed E-state index contributed by atoms with van der Waals surface area (Å²) in [5, 5.41) is 6.58. The average molecular weight is 332 g/mol. The molecule has 5 heteroatoms. The Morgan fingerprint density at radius 2 is 2.00 bits per heavy atom. The topological polar surface area (TPSA) is 59.6 Å². The van der Waals surface area contributed by atoms with E-state index in [9.17, 15) is 4.79 Å². The third-order valence-corrected chi connectivity index (χ3v) is 5.51. The lowest BCUT2D eigenvalue weighted by atomic mass is 9.71. The normalized spacial score (nSPS) is 25.2. The van der Waals surface area contributed by atoms with Crippen molar-refractivity contribution in [3.05, 3.63) is 30.3 Å². The molecule has 1 aromatic rings. The maximum Gasteiger partial charge on any atom is 0.225 e. The van der Waals surface area contributed by atoms with Crippen LogP contribution in [-0.2, 0) is 9.53 Å². The Morgan fingerprint density at radius 3 is 2.71 bits per heavy atom. The van der Waals surface area contributed by atoms with Crippen molar-refractivity contribution in [3.8, 4) is 5.75 Å². The molecular weight excluding hydrogens is 304 g/mol. The lowest BCUT2D eigenvalue weighted by Crippen LogP contribution is -2.49. The Hall–Kier alpha value is -1.59. The lowest BCUT2D eigenvalue weighted by Gasteiger charge is -2.37. The second-order valence-corrected chi connectivity index (χ2v) is 7.09. The summed E-state index contributed by atoms with van der Waals surface area (Å²) in [7, 11) is 0. The summed E-state index contributed by atoms with van der Waals surface area (Å²) in [4.78, 5) is 12.8. The summed E-state index contributed by atoms with van der Waals surface area (Å²) in [6.07, 6.45) is 1.83. The van der Waals surface area contributed by atoms with Crippen LogP contribution in [0.15, 0.2) is 30.3 Å². The van der Waals surface area contributed by atoms with Gasteiger partial charge in [-0.2, -0.15) is 0 Å². The second kappa shape index (κ2) is 7.53. The van der Waals surface area contributed by atoms with Crippen molar-refractivity contribution >= 4 is 5.91 Å². The molecule has 2 heterocycles. The molecular formula is C19H28N2O3. The highest BCUT2D eigenvalue weighted by Crippen LogP contribution is 2.41. The zero-order valence-electron chi connectivity index (χ0n) is 14.6. The Balaban J connectivity index is 1.57. The van der Waals surface area contributed by atoms with E-state index in [-0.39, 0.29) is 29.4 Å². The van der Waals surface area contributed by atoms with Gasteiger partial charge >= 0.3 is 0 Å². The van der Waals surface area contributed by atoms with Gasteiger partial charge in [0.2, 0.25) is 5.91 Å². The molecule has 5 nitrogen and oxygen atoms in total. The fourth-order valence-corrected chi connectivity index (χ4v) is 3.74. The van der Waals surface area contributed by atoms with Crippen LogP contribution in [0.3, 0.4) is 0 Å². The molecule has 1 aromatic carbocycles. The summed E-state index contributed by atoms with van der Waals surface area (Å²) in [5.74, 6) is 0.986. The number of para-hydroxylation sites is 1. The zero-order valence-corrected chi connectivity index (χ0v) is 14.6. The van der Waals surface area contributed by atoms with Gasteiger partial charge in [-0.15, -0.1) is 0 Å². The van der Waals surface area contributed by atoms with Crippen LogP contribution in [0, 0.1) is 11.3 Å². The molecule has 132 valence electrons. The molecule has 24 heavy (non-hydrogen) atoms. The zero-order chi connectivity index (χ0) is 17.0. The van der Waals surface area contributed by atoms with Crippen molar-refractivity contribution in [1.29, 1.82) is 0 Å². The number of benzene rings is 1. The molecule has 0 saturated carbocycles. The molecule has 2 fully saturated rings. The van der Waals surface area contributed by atoms with Crippen LogP contribution in [0.4, 0.5) is 0 Å². The molecule has 2 N–H and O–H groups in total. The summed E-state index contributed by atoms with van der Waals surface area (Å²) < 4.78 is 11.4. The molecule has 3 unspecified atom stereocenters. The highest BCUT2D eigenvalue weighted by atomic mass is 16.5. The number of hydrogen-bond acceptors (Lipinski definition) is 4. The van der Waals surface area contributed by atoms with Gasteiger partial charge in [-0.05, 0) is 44.2 Å². The van der Waals surface area contributed by atoms with Crippen molar-refractivity contribution in [3.63, 3.8) is 0 Å². The predicted molar refractivity (Wildman–Crippen MR) is 93.0 cm³/mol. The summed E-state index contributed by atoms with van der Waals surface area (Å²) in [6.45, 7) is 7.19. The molecule has 0 aliphatic carbocycles. The van der Waals surface area contributed by atoms with E-state index in [0.29, 0.717) is 0 Å². The maximum absolute atomic E-state index is 12.8. The molecule has 2 saturated heterocycles.